The van der Waals surface area contributed by atoms with Crippen LogP contribution < -0.4 is 11.5 Å². The Hall–Kier alpha value is -1.38. The van der Waals surface area contributed by atoms with Gasteiger partial charge in [0, 0.05) is 12.1 Å². The maximum atomic E-state index is 6.09. The Kier molecular flexibility index (Phi) is 4.96. The molecule has 0 bridgehead atoms. The molecule has 1 rings (SSSR count). The summed E-state index contributed by atoms with van der Waals surface area (Å²) in [5.74, 6) is 0. The molecule has 0 spiro atoms. The fourth-order valence-corrected chi connectivity index (χ4v) is 1.80. The molecule has 0 unspecified atom stereocenters. The molecule has 1 aromatic carbocycles. The van der Waals surface area contributed by atoms with Gasteiger partial charge >= 0.3 is 0 Å². The number of nitrogens with two attached hydrogens (primary N) is 2. The molecular weight excluding hydrogens is 196 g/mol. The Morgan fingerprint density at radius 3 is 1.62 bits per heavy atom. The van der Waals surface area contributed by atoms with E-state index < -0.39 is 0 Å². The van der Waals surface area contributed by atoms with E-state index in [2.05, 4.69) is 13.2 Å². The molecule has 0 aromatic heterocycles. The molecule has 16 heavy (non-hydrogen) atoms. The topological polar surface area (TPSA) is 52.0 Å². The number of hydrogen-bond donors (Lipinski definition) is 2. The monoisotopic (exact) mass is 216 g/mol. The highest BCUT2D eigenvalue weighted by molar-refractivity contribution is 5.33. The van der Waals surface area contributed by atoms with E-state index in [9.17, 15) is 0 Å². The van der Waals surface area contributed by atoms with Gasteiger partial charge in [0.15, 0.2) is 0 Å². The fourth-order valence-electron chi connectivity index (χ4n) is 1.80. The highest BCUT2D eigenvalue weighted by Crippen LogP contribution is 2.25. The first-order valence-electron chi connectivity index (χ1n) is 5.52. The van der Waals surface area contributed by atoms with E-state index in [1.54, 1.807) is 0 Å². The van der Waals surface area contributed by atoms with Crippen LogP contribution in [0.25, 0.3) is 0 Å². The lowest BCUT2D eigenvalue weighted by molar-refractivity contribution is 0.680. The maximum Gasteiger partial charge on any atom is 0.0333 e. The molecule has 0 aliphatic rings. The van der Waals surface area contributed by atoms with E-state index in [1.807, 2.05) is 36.4 Å². The first kappa shape index (κ1) is 12.7. The third-order valence-electron chi connectivity index (χ3n) is 2.64. The third-order valence-corrected chi connectivity index (χ3v) is 2.64. The lowest BCUT2D eigenvalue weighted by Crippen LogP contribution is -2.17. The standard InChI is InChI=1S/C14H20N2/c1-3-7-13(15)11-9-5-6-10-12(11)14(16)8-4-2/h3-6,9-10,13-14H,1-2,7-8,15-16H2/t13-,14-/m0/s1. The summed E-state index contributed by atoms with van der Waals surface area (Å²) in [7, 11) is 0. The van der Waals surface area contributed by atoms with Crippen LogP contribution in [0.2, 0.25) is 0 Å². The molecule has 4 N–H and O–H groups in total. The minimum absolute atomic E-state index is 0.0236. The molecule has 2 heteroatoms. The molecule has 0 amide bonds. The van der Waals surface area contributed by atoms with Crippen LogP contribution in [0.1, 0.15) is 36.1 Å². The Balaban J connectivity index is 2.98. The van der Waals surface area contributed by atoms with Crippen LogP contribution in [0.4, 0.5) is 0 Å². The van der Waals surface area contributed by atoms with Crippen LogP contribution >= 0.6 is 0 Å². The average molecular weight is 216 g/mol. The second-order valence-electron chi connectivity index (χ2n) is 3.89. The molecular formula is C14H20N2. The van der Waals surface area contributed by atoms with Gasteiger partial charge in [0.05, 0.1) is 0 Å². The summed E-state index contributed by atoms with van der Waals surface area (Å²) < 4.78 is 0. The Morgan fingerprint density at radius 1 is 0.938 bits per heavy atom. The zero-order valence-corrected chi connectivity index (χ0v) is 9.60. The van der Waals surface area contributed by atoms with Gasteiger partial charge in [0.2, 0.25) is 0 Å². The fraction of sp³-hybridized carbons (Fsp3) is 0.286. The summed E-state index contributed by atoms with van der Waals surface area (Å²) in [6, 6.07) is 8.00. The van der Waals surface area contributed by atoms with Gasteiger partial charge < -0.3 is 11.5 Å². The van der Waals surface area contributed by atoms with Crippen molar-refractivity contribution in [2.75, 3.05) is 0 Å². The van der Waals surface area contributed by atoms with Gasteiger partial charge in [-0.15, -0.1) is 13.2 Å². The Morgan fingerprint density at radius 2 is 1.31 bits per heavy atom. The number of rotatable bonds is 6. The van der Waals surface area contributed by atoms with E-state index in [1.165, 1.54) is 0 Å². The summed E-state index contributed by atoms with van der Waals surface area (Å²) in [6.45, 7) is 7.42. The summed E-state index contributed by atoms with van der Waals surface area (Å²) in [5, 5.41) is 0. The molecule has 86 valence electrons. The third kappa shape index (κ3) is 3.05. The lowest BCUT2D eigenvalue weighted by Gasteiger charge is -2.19. The van der Waals surface area contributed by atoms with Crippen molar-refractivity contribution in [1.82, 2.24) is 0 Å². The van der Waals surface area contributed by atoms with Crippen LogP contribution in [0.15, 0.2) is 49.6 Å². The van der Waals surface area contributed by atoms with Crippen molar-refractivity contribution in [3.63, 3.8) is 0 Å². The Labute approximate surface area is 97.7 Å². The maximum absolute atomic E-state index is 6.09. The predicted octanol–water partition coefficient (Wildman–Crippen LogP) is 2.84. The van der Waals surface area contributed by atoms with E-state index in [0.717, 1.165) is 24.0 Å². The highest BCUT2D eigenvalue weighted by atomic mass is 14.7. The van der Waals surface area contributed by atoms with Gasteiger partial charge in [-0.2, -0.15) is 0 Å². The summed E-state index contributed by atoms with van der Waals surface area (Å²) >= 11 is 0. The molecule has 0 aliphatic carbocycles. The van der Waals surface area contributed by atoms with Crippen molar-refractivity contribution in [3.05, 3.63) is 60.7 Å². The van der Waals surface area contributed by atoms with Crippen molar-refractivity contribution in [1.29, 1.82) is 0 Å². The van der Waals surface area contributed by atoms with Gasteiger partial charge in [0.25, 0.3) is 0 Å². The van der Waals surface area contributed by atoms with Crippen molar-refractivity contribution < 1.29 is 0 Å². The SMILES string of the molecule is C=CC[C@H](N)c1ccccc1[C@@H](N)CC=C. The summed E-state index contributed by atoms with van der Waals surface area (Å²) in [5.41, 5.74) is 14.4. The molecule has 0 saturated heterocycles. The molecule has 0 saturated carbocycles. The molecule has 0 heterocycles. The van der Waals surface area contributed by atoms with Crippen LogP contribution in [0.3, 0.4) is 0 Å². The quantitative estimate of drug-likeness (QED) is 0.718. The van der Waals surface area contributed by atoms with Crippen molar-refractivity contribution >= 4 is 0 Å². The summed E-state index contributed by atoms with van der Waals surface area (Å²) in [4.78, 5) is 0. The minimum atomic E-state index is -0.0236. The normalized spacial score (nSPS) is 14.1. The molecule has 0 aliphatic heterocycles. The minimum Gasteiger partial charge on any atom is -0.324 e. The molecule has 1 aromatic rings. The van der Waals surface area contributed by atoms with Gasteiger partial charge in [-0.25, -0.2) is 0 Å². The second kappa shape index (κ2) is 6.26. The first-order valence-corrected chi connectivity index (χ1v) is 5.52. The molecule has 2 nitrogen and oxygen atoms in total. The van der Waals surface area contributed by atoms with E-state index >= 15 is 0 Å². The van der Waals surface area contributed by atoms with Crippen molar-refractivity contribution in [2.24, 2.45) is 11.5 Å². The van der Waals surface area contributed by atoms with E-state index in [0.29, 0.717) is 0 Å². The van der Waals surface area contributed by atoms with Crippen LogP contribution in [-0.2, 0) is 0 Å². The number of hydrogen-bond acceptors (Lipinski definition) is 2. The second-order valence-corrected chi connectivity index (χ2v) is 3.89. The van der Waals surface area contributed by atoms with E-state index in [4.69, 9.17) is 11.5 Å². The van der Waals surface area contributed by atoms with Gasteiger partial charge in [-0.3, -0.25) is 0 Å². The highest BCUT2D eigenvalue weighted by Gasteiger charge is 2.13. The zero-order valence-electron chi connectivity index (χ0n) is 9.60. The molecule has 2 atom stereocenters. The van der Waals surface area contributed by atoms with Gasteiger partial charge in [-0.1, -0.05) is 36.4 Å². The average Bonchev–Trinajstić information content (AvgIpc) is 2.30. The van der Waals surface area contributed by atoms with Crippen LogP contribution in [0, 0.1) is 0 Å². The van der Waals surface area contributed by atoms with Crippen LogP contribution in [0.5, 0.6) is 0 Å². The van der Waals surface area contributed by atoms with Gasteiger partial charge in [-0.05, 0) is 24.0 Å². The summed E-state index contributed by atoms with van der Waals surface area (Å²) in [6.07, 6.45) is 5.19. The first-order chi connectivity index (χ1) is 7.70. The van der Waals surface area contributed by atoms with Crippen molar-refractivity contribution in [2.45, 2.75) is 24.9 Å². The van der Waals surface area contributed by atoms with E-state index in [-0.39, 0.29) is 12.1 Å². The van der Waals surface area contributed by atoms with Gasteiger partial charge in [0.1, 0.15) is 0 Å². The smallest absolute Gasteiger partial charge is 0.0333 e. The number of benzene rings is 1. The predicted molar refractivity (Wildman–Crippen MR) is 69.9 cm³/mol. The molecule has 0 radical (unpaired) electrons. The largest absolute Gasteiger partial charge is 0.324 e. The molecule has 0 fully saturated rings. The Bertz CT molecular complexity index is 323. The van der Waals surface area contributed by atoms with Crippen molar-refractivity contribution in [3.8, 4) is 0 Å². The van der Waals surface area contributed by atoms with Crippen LogP contribution in [-0.4, -0.2) is 0 Å². The lowest BCUT2D eigenvalue weighted by atomic mass is 9.93. The zero-order chi connectivity index (χ0) is 12.0.